The molecule has 6 heteroatoms. The number of aliphatic carboxylic acids is 1. The molecule has 2 amide bonds. The molecule has 0 spiro atoms. The number of nitrogens with zero attached hydrogens (tertiary/aromatic N) is 1. The second kappa shape index (κ2) is 9.65. The smallest absolute Gasteiger partial charge is 0.323 e. The van der Waals surface area contributed by atoms with E-state index in [2.05, 4.69) is 17.2 Å². The molecule has 6 nitrogen and oxygen atoms in total. The van der Waals surface area contributed by atoms with Crippen molar-refractivity contribution in [3.63, 3.8) is 0 Å². The summed E-state index contributed by atoms with van der Waals surface area (Å²) in [6.07, 6.45) is 2.32. The lowest BCUT2D eigenvalue weighted by atomic mass is 10.4. The van der Waals surface area contributed by atoms with Crippen molar-refractivity contribution in [1.82, 2.24) is 15.5 Å². The molecule has 0 heterocycles. The lowest BCUT2D eigenvalue weighted by Crippen LogP contribution is -2.43. The van der Waals surface area contributed by atoms with Crippen molar-refractivity contribution in [3.05, 3.63) is 12.7 Å². The molecule has 0 aromatic rings. The summed E-state index contributed by atoms with van der Waals surface area (Å²) >= 11 is 0. The van der Waals surface area contributed by atoms with Gasteiger partial charge in [0.15, 0.2) is 0 Å². The fraction of sp³-hybridized carbons (Fsp3) is 0.636. The zero-order valence-corrected chi connectivity index (χ0v) is 10.2. The summed E-state index contributed by atoms with van der Waals surface area (Å²) in [7, 11) is 0. The number of carboxylic acid groups (broad SMARTS) is 1. The molecule has 0 radical (unpaired) electrons. The highest BCUT2D eigenvalue weighted by atomic mass is 16.4. The number of hydrogen-bond donors (Lipinski definition) is 3. The van der Waals surface area contributed by atoms with Gasteiger partial charge >= 0.3 is 12.0 Å². The van der Waals surface area contributed by atoms with Crippen LogP contribution in [0.2, 0.25) is 0 Å². The van der Waals surface area contributed by atoms with Gasteiger partial charge in [-0.15, -0.1) is 6.58 Å². The van der Waals surface area contributed by atoms with Gasteiger partial charge in [0.25, 0.3) is 0 Å². The highest BCUT2D eigenvalue weighted by Crippen LogP contribution is 1.90. The number of nitrogens with one attached hydrogen (secondary N) is 2. The van der Waals surface area contributed by atoms with Crippen LogP contribution >= 0.6 is 0 Å². The van der Waals surface area contributed by atoms with Crippen LogP contribution in [0.5, 0.6) is 0 Å². The monoisotopic (exact) mass is 243 g/mol. The predicted molar refractivity (Wildman–Crippen MR) is 66.0 cm³/mol. The Morgan fingerprint density at radius 1 is 1.41 bits per heavy atom. The van der Waals surface area contributed by atoms with E-state index in [1.54, 1.807) is 0 Å². The van der Waals surface area contributed by atoms with Crippen LogP contribution in [0, 0.1) is 0 Å². The number of rotatable bonds is 9. The van der Waals surface area contributed by atoms with E-state index in [4.69, 9.17) is 5.11 Å². The molecule has 3 N–H and O–H groups in total. The van der Waals surface area contributed by atoms with Gasteiger partial charge in [-0.05, 0) is 19.5 Å². The summed E-state index contributed by atoms with van der Waals surface area (Å²) in [5, 5.41) is 14.4. The van der Waals surface area contributed by atoms with Crippen molar-refractivity contribution in [1.29, 1.82) is 0 Å². The van der Waals surface area contributed by atoms with Crippen LogP contribution < -0.4 is 10.6 Å². The molecule has 0 aromatic carbocycles. The molecule has 0 fully saturated rings. The topological polar surface area (TPSA) is 81.7 Å². The van der Waals surface area contributed by atoms with Gasteiger partial charge in [-0.1, -0.05) is 13.0 Å². The summed E-state index contributed by atoms with van der Waals surface area (Å²) < 4.78 is 0. The standard InChI is InChI=1S/C11H21N3O3/c1-3-8-14(9-10(15)16)11(17)13-7-5-6-12-4-2/h3,12H,1,4-9H2,2H3,(H,13,17)(H,15,16). The molecule has 0 saturated heterocycles. The van der Waals surface area contributed by atoms with Gasteiger partial charge < -0.3 is 20.6 Å². The minimum Gasteiger partial charge on any atom is -0.480 e. The zero-order chi connectivity index (χ0) is 13.1. The Balaban J connectivity index is 3.88. The predicted octanol–water partition coefficient (Wildman–Crippen LogP) is 0.268. The summed E-state index contributed by atoms with van der Waals surface area (Å²) in [4.78, 5) is 23.3. The first-order valence-corrected chi connectivity index (χ1v) is 5.68. The molecule has 17 heavy (non-hydrogen) atoms. The van der Waals surface area contributed by atoms with Crippen LogP contribution in [0.15, 0.2) is 12.7 Å². The maximum Gasteiger partial charge on any atom is 0.323 e. The molecule has 0 aliphatic rings. The van der Waals surface area contributed by atoms with Crippen LogP contribution in [-0.4, -0.2) is 54.7 Å². The average molecular weight is 243 g/mol. The zero-order valence-electron chi connectivity index (χ0n) is 10.2. The van der Waals surface area contributed by atoms with E-state index in [9.17, 15) is 9.59 Å². The Hall–Kier alpha value is -1.56. The van der Waals surface area contributed by atoms with Crippen LogP contribution in [0.1, 0.15) is 13.3 Å². The lowest BCUT2D eigenvalue weighted by Gasteiger charge is -2.19. The molecule has 0 rings (SSSR count). The minimum absolute atomic E-state index is 0.228. The quantitative estimate of drug-likeness (QED) is 0.401. The minimum atomic E-state index is -1.03. The van der Waals surface area contributed by atoms with Crippen molar-refractivity contribution < 1.29 is 14.7 Å². The van der Waals surface area contributed by atoms with Crippen LogP contribution in [0.25, 0.3) is 0 Å². The fourth-order valence-electron chi connectivity index (χ4n) is 1.24. The molecular formula is C11H21N3O3. The fourth-order valence-corrected chi connectivity index (χ4v) is 1.24. The van der Waals surface area contributed by atoms with Crippen LogP contribution in [-0.2, 0) is 4.79 Å². The highest BCUT2D eigenvalue weighted by Gasteiger charge is 2.14. The van der Waals surface area contributed by atoms with Gasteiger partial charge in [0, 0.05) is 13.1 Å². The maximum absolute atomic E-state index is 11.6. The van der Waals surface area contributed by atoms with E-state index >= 15 is 0 Å². The second-order valence-corrected chi connectivity index (χ2v) is 3.50. The van der Waals surface area contributed by atoms with Crippen molar-refractivity contribution in [2.75, 3.05) is 32.7 Å². The van der Waals surface area contributed by atoms with Gasteiger partial charge in [0.1, 0.15) is 6.54 Å². The normalized spacial score (nSPS) is 9.71. The van der Waals surface area contributed by atoms with Crippen molar-refractivity contribution in [3.8, 4) is 0 Å². The SMILES string of the molecule is C=CCN(CC(=O)O)C(=O)NCCCNCC. The first-order valence-electron chi connectivity index (χ1n) is 5.68. The summed E-state index contributed by atoms with van der Waals surface area (Å²) in [5.41, 5.74) is 0. The summed E-state index contributed by atoms with van der Waals surface area (Å²) in [6.45, 7) is 7.67. The summed E-state index contributed by atoms with van der Waals surface area (Å²) in [5.74, 6) is -1.03. The third-order valence-electron chi connectivity index (χ3n) is 2.02. The Morgan fingerprint density at radius 3 is 2.65 bits per heavy atom. The Kier molecular flexibility index (Phi) is 8.77. The van der Waals surface area contributed by atoms with E-state index in [1.807, 2.05) is 6.92 Å². The van der Waals surface area contributed by atoms with E-state index in [-0.39, 0.29) is 19.1 Å². The Morgan fingerprint density at radius 2 is 2.12 bits per heavy atom. The number of carbonyl (C=O) groups is 2. The molecular weight excluding hydrogens is 222 g/mol. The van der Waals surface area contributed by atoms with Crippen molar-refractivity contribution in [2.45, 2.75) is 13.3 Å². The molecule has 98 valence electrons. The molecule has 0 saturated carbocycles. The van der Waals surface area contributed by atoms with E-state index in [0.29, 0.717) is 6.54 Å². The third kappa shape index (κ3) is 8.27. The number of hydrogen-bond acceptors (Lipinski definition) is 3. The molecule has 0 unspecified atom stereocenters. The van der Waals surface area contributed by atoms with Gasteiger partial charge in [-0.2, -0.15) is 0 Å². The Labute approximate surface area is 102 Å². The first kappa shape index (κ1) is 15.4. The second-order valence-electron chi connectivity index (χ2n) is 3.50. The molecule has 0 aliphatic carbocycles. The average Bonchev–Trinajstić information content (AvgIpc) is 2.27. The van der Waals surface area contributed by atoms with Crippen LogP contribution in [0.3, 0.4) is 0 Å². The van der Waals surface area contributed by atoms with Gasteiger partial charge in [0.2, 0.25) is 0 Å². The molecule has 0 aliphatic heterocycles. The largest absolute Gasteiger partial charge is 0.480 e. The summed E-state index contributed by atoms with van der Waals surface area (Å²) in [6, 6.07) is -0.371. The third-order valence-corrected chi connectivity index (χ3v) is 2.02. The van der Waals surface area contributed by atoms with E-state index < -0.39 is 5.97 Å². The first-order chi connectivity index (χ1) is 8.11. The number of urea groups is 1. The van der Waals surface area contributed by atoms with Gasteiger partial charge in [-0.3, -0.25) is 4.79 Å². The number of amides is 2. The van der Waals surface area contributed by atoms with E-state index in [0.717, 1.165) is 19.5 Å². The van der Waals surface area contributed by atoms with Crippen molar-refractivity contribution >= 4 is 12.0 Å². The van der Waals surface area contributed by atoms with Gasteiger partial charge in [-0.25, -0.2) is 4.79 Å². The van der Waals surface area contributed by atoms with Crippen LogP contribution in [0.4, 0.5) is 4.79 Å². The maximum atomic E-state index is 11.6. The van der Waals surface area contributed by atoms with Crippen molar-refractivity contribution in [2.24, 2.45) is 0 Å². The molecule has 0 bridgehead atoms. The lowest BCUT2D eigenvalue weighted by molar-refractivity contribution is -0.137. The molecule has 0 aromatic heterocycles. The number of carbonyl (C=O) groups excluding carboxylic acids is 1. The highest BCUT2D eigenvalue weighted by molar-refractivity contribution is 5.80. The number of carboxylic acids is 1. The Bertz CT molecular complexity index is 256. The van der Waals surface area contributed by atoms with Gasteiger partial charge in [0.05, 0.1) is 0 Å². The molecule has 0 atom stereocenters. The van der Waals surface area contributed by atoms with E-state index in [1.165, 1.54) is 11.0 Å².